The minimum absolute atomic E-state index is 0.234. The Balaban J connectivity index is 1.84. The number of fused-ring (bicyclic) bond motifs is 1. The second-order valence-corrected chi connectivity index (χ2v) is 7.48. The van der Waals surface area contributed by atoms with Crippen LogP contribution in [0.5, 0.6) is 0 Å². The van der Waals surface area contributed by atoms with Crippen molar-refractivity contribution in [3.63, 3.8) is 0 Å². The fourth-order valence-electron chi connectivity index (χ4n) is 3.23. The van der Waals surface area contributed by atoms with E-state index in [1.54, 1.807) is 0 Å². The van der Waals surface area contributed by atoms with Crippen LogP contribution in [0.15, 0.2) is 54.6 Å². The molecule has 0 aliphatic heterocycles. The van der Waals surface area contributed by atoms with Crippen molar-refractivity contribution in [3.8, 4) is 0 Å². The van der Waals surface area contributed by atoms with E-state index in [0.29, 0.717) is 6.42 Å². The van der Waals surface area contributed by atoms with Gasteiger partial charge in [0.05, 0.1) is 17.7 Å². The predicted molar refractivity (Wildman–Crippen MR) is 97.1 cm³/mol. The van der Waals surface area contributed by atoms with Gasteiger partial charge < -0.3 is 15.2 Å². The lowest BCUT2D eigenvalue weighted by Gasteiger charge is -2.29. The van der Waals surface area contributed by atoms with E-state index in [-0.39, 0.29) is 5.91 Å². The van der Waals surface area contributed by atoms with Crippen LogP contribution in [0.1, 0.15) is 49.6 Å². The summed E-state index contributed by atoms with van der Waals surface area (Å²) >= 11 is 0. The fraction of sp³-hybridized carbons (Fsp3) is 0.381. The number of amides is 1. The van der Waals surface area contributed by atoms with Crippen LogP contribution in [0.2, 0.25) is 0 Å². The lowest BCUT2D eigenvalue weighted by molar-refractivity contribution is -0.144. The van der Waals surface area contributed by atoms with E-state index in [0.717, 1.165) is 16.7 Å². The molecule has 4 nitrogen and oxygen atoms in total. The number of rotatable bonds is 4. The largest absolute Gasteiger partial charge is 0.390 e. The third kappa shape index (κ3) is 4.09. The highest BCUT2D eigenvalue weighted by Crippen LogP contribution is 2.32. The Morgan fingerprint density at radius 1 is 1.12 bits per heavy atom. The van der Waals surface area contributed by atoms with Crippen molar-refractivity contribution >= 4 is 5.91 Å². The molecule has 0 fully saturated rings. The first-order chi connectivity index (χ1) is 11.8. The topological polar surface area (TPSA) is 58.6 Å². The molecule has 3 rings (SSSR count). The maximum absolute atomic E-state index is 13.0. The second kappa shape index (κ2) is 6.98. The number of carbonyl (C=O) groups excluding carboxylic acids is 1. The zero-order valence-corrected chi connectivity index (χ0v) is 14.9. The Labute approximate surface area is 148 Å². The molecule has 4 heteroatoms. The summed E-state index contributed by atoms with van der Waals surface area (Å²) in [7, 11) is 0. The monoisotopic (exact) mass is 339 g/mol. The van der Waals surface area contributed by atoms with E-state index < -0.39 is 23.9 Å². The number of carbonyl (C=O) groups is 1. The minimum Gasteiger partial charge on any atom is -0.390 e. The first kappa shape index (κ1) is 17.6. The molecule has 0 saturated heterocycles. The quantitative estimate of drug-likeness (QED) is 0.898. The third-order valence-electron chi connectivity index (χ3n) is 4.31. The highest BCUT2D eigenvalue weighted by Gasteiger charge is 2.35. The van der Waals surface area contributed by atoms with E-state index in [1.165, 1.54) is 0 Å². The Hall–Kier alpha value is -2.17. The lowest BCUT2D eigenvalue weighted by Crippen LogP contribution is -2.39. The lowest BCUT2D eigenvalue weighted by atomic mass is 10.0. The van der Waals surface area contributed by atoms with Crippen LogP contribution in [-0.4, -0.2) is 22.7 Å². The van der Waals surface area contributed by atoms with Gasteiger partial charge in [-0.1, -0.05) is 54.6 Å². The molecule has 1 amide bonds. The number of nitrogens with one attached hydrogen (secondary N) is 1. The van der Waals surface area contributed by atoms with Crippen molar-refractivity contribution in [1.82, 2.24) is 5.32 Å². The SMILES string of the molecule is CC(C)(C)OC(C(=O)N[C@H]1c2ccccc2C[C@H]1O)c1ccccc1. The van der Waals surface area contributed by atoms with Gasteiger partial charge in [-0.25, -0.2) is 0 Å². The third-order valence-corrected chi connectivity index (χ3v) is 4.31. The standard InChI is InChI=1S/C21H25NO3/c1-21(2,3)25-19(14-9-5-4-6-10-14)20(24)22-18-16-12-8-7-11-15(16)13-17(18)23/h4-12,17-19,23H,13H2,1-3H3,(H,22,24)/t17-,18+,19?/m1/s1. The van der Waals surface area contributed by atoms with E-state index in [9.17, 15) is 9.90 Å². The summed E-state index contributed by atoms with van der Waals surface area (Å²) in [6.07, 6.45) is -0.786. The molecular weight excluding hydrogens is 314 g/mol. The van der Waals surface area contributed by atoms with Crippen LogP contribution >= 0.6 is 0 Å². The van der Waals surface area contributed by atoms with Crippen molar-refractivity contribution in [2.45, 2.75) is 51.0 Å². The summed E-state index contributed by atoms with van der Waals surface area (Å²) in [5, 5.41) is 13.4. The van der Waals surface area contributed by atoms with Crippen LogP contribution < -0.4 is 5.32 Å². The molecule has 25 heavy (non-hydrogen) atoms. The minimum atomic E-state index is -0.721. The molecule has 0 radical (unpaired) electrons. The van der Waals surface area contributed by atoms with Gasteiger partial charge in [-0.3, -0.25) is 4.79 Å². The molecule has 0 heterocycles. The Morgan fingerprint density at radius 2 is 1.76 bits per heavy atom. The van der Waals surface area contributed by atoms with Crippen LogP contribution in [0, 0.1) is 0 Å². The molecule has 0 saturated carbocycles. The average Bonchev–Trinajstić information content (AvgIpc) is 2.88. The summed E-state index contributed by atoms with van der Waals surface area (Å²) in [6, 6.07) is 16.9. The van der Waals surface area contributed by atoms with Gasteiger partial charge in [0.2, 0.25) is 0 Å². The molecular formula is C21H25NO3. The zero-order valence-electron chi connectivity index (χ0n) is 14.9. The number of ether oxygens (including phenoxy) is 1. The van der Waals surface area contributed by atoms with Gasteiger partial charge in [-0.15, -0.1) is 0 Å². The molecule has 2 aromatic carbocycles. The molecule has 132 valence electrons. The maximum Gasteiger partial charge on any atom is 0.254 e. The molecule has 1 aliphatic rings. The Bertz CT molecular complexity index is 736. The number of aliphatic hydroxyl groups excluding tert-OH is 1. The van der Waals surface area contributed by atoms with Gasteiger partial charge in [0, 0.05) is 6.42 Å². The van der Waals surface area contributed by atoms with Crippen LogP contribution in [0.4, 0.5) is 0 Å². The molecule has 0 aromatic heterocycles. The van der Waals surface area contributed by atoms with Crippen molar-refractivity contribution in [1.29, 1.82) is 0 Å². The second-order valence-electron chi connectivity index (χ2n) is 7.48. The van der Waals surface area contributed by atoms with Gasteiger partial charge in [0.1, 0.15) is 0 Å². The summed E-state index contributed by atoms with van der Waals surface area (Å²) in [5.74, 6) is -0.234. The molecule has 1 unspecified atom stereocenters. The van der Waals surface area contributed by atoms with Crippen LogP contribution in [0.25, 0.3) is 0 Å². The highest BCUT2D eigenvalue weighted by molar-refractivity contribution is 5.83. The van der Waals surface area contributed by atoms with Crippen molar-refractivity contribution in [3.05, 3.63) is 71.3 Å². The van der Waals surface area contributed by atoms with Crippen LogP contribution in [-0.2, 0) is 16.0 Å². The number of hydrogen-bond donors (Lipinski definition) is 2. The van der Waals surface area contributed by atoms with E-state index in [2.05, 4.69) is 5.32 Å². The van der Waals surface area contributed by atoms with Gasteiger partial charge in [0.15, 0.2) is 6.10 Å². The molecule has 1 aliphatic carbocycles. The molecule has 2 aromatic rings. The van der Waals surface area contributed by atoms with E-state index in [4.69, 9.17) is 4.74 Å². The first-order valence-corrected chi connectivity index (χ1v) is 8.64. The summed E-state index contributed by atoms with van der Waals surface area (Å²) in [4.78, 5) is 13.0. The number of benzene rings is 2. The van der Waals surface area contributed by atoms with Gasteiger partial charge in [-0.2, -0.15) is 0 Å². The first-order valence-electron chi connectivity index (χ1n) is 8.64. The van der Waals surface area contributed by atoms with Gasteiger partial charge in [-0.05, 0) is 37.5 Å². The number of aliphatic hydroxyl groups is 1. The highest BCUT2D eigenvalue weighted by atomic mass is 16.5. The molecule has 0 bridgehead atoms. The summed E-state index contributed by atoms with van der Waals surface area (Å²) < 4.78 is 6.03. The predicted octanol–water partition coefficient (Wildman–Crippen LogP) is 3.32. The average molecular weight is 339 g/mol. The van der Waals surface area contributed by atoms with Crippen molar-refractivity contribution < 1.29 is 14.6 Å². The smallest absolute Gasteiger partial charge is 0.254 e. The Kier molecular flexibility index (Phi) is 4.93. The Morgan fingerprint density at radius 3 is 2.44 bits per heavy atom. The normalized spacial score (nSPS) is 20.8. The summed E-state index contributed by atoms with van der Waals surface area (Å²) in [5.41, 5.74) is 2.39. The van der Waals surface area contributed by atoms with Crippen molar-refractivity contribution in [2.24, 2.45) is 0 Å². The zero-order chi connectivity index (χ0) is 18.0. The van der Waals surface area contributed by atoms with Gasteiger partial charge in [0.25, 0.3) is 5.91 Å². The molecule has 0 spiro atoms. The van der Waals surface area contributed by atoms with Gasteiger partial charge >= 0.3 is 0 Å². The van der Waals surface area contributed by atoms with Crippen molar-refractivity contribution in [2.75, 3.05) is 0 Å². The van der Waals surface area contributed by atoms with E-state index >= 15 is 0 Å². The fourth-order valence-corrected chi connectivity index (χ4v) is 3.23. The number of hydrogen-bond acceptors (Lipinski definition) is 3. The molecule has 2 N–H and O–H groups in total. The van der Waals surface area contributed by atoms with E-state index in [1.807, 2.05) is 75.4 Å². The summed E-state index contributed by atoms with van der Waals surface area (Å²) in [6.45, 7) is 5.78. The van der Waals surface area contributed by atoms with Crippen LogP contribution in [0.3, 0.4) is 0 Å². The maximum atomic E-state index is 13.0. The molecule has 3 atom stereocenters.